The minimum atomic E-state index is 0.0607. The summed E-state index contributed by atoms with van der Waals surface area (Å²) in [6.45, 7) is 25.2. The molecule has 4 unspecified atom stereocenters. The van der Waals surface area contributed by atoms with Crippen LogP contribution in [0.15, 0.2) is 67.5 Å². The molecule has 0 amide bonds. The lowest BCUT2D eigenvalue weighted by Gasteiger charge is -2.65. The third-order valence-corrected chi connectivity index (χ3v) is 14.3. The average molecular weight is 750 g/mol. The van der Waals surface area contributed by atoms with Gasteiger partial charge in [-0.2, -0.15) is 0 Å². The molecule has 304 valence electrons. The molecule has 0 saturated heterocycles. The van der Waals surface area contributed by atoms with Gasteiger partial charge < -0.3 is 52.3 Å². The van der Waals surface area contributed by atoms with Crippen LogP contribution in [0, 0.1) is 46.3 Å². The topological polar surface area (TPSA) is 145 Å². The number of hydrogen-bond acceptors (Lipinski definition) is 10. The van der Waals surface area contributed by atoms with Gasteiger partial charge in [0.2, 0.25) is 0 Å². The Balaban J connectivity index is 1.35. The molecule has 0 radical (unpaired) electrons. The van der Waals surface area contributed by atoms with E-state index in [0.29, 0.717) is 92.4 Å². The highest BCUT2D eigenvalue weighted by atomic mass is 16.5. The van der Waals surface area contributed by atoms with E-state index in [2.05, 4.69) is 98.7 Å². The van der Waals surface area contributed by atoms with Gasteiger partial charge in [0, 0.05) is 31.6 Å². The smallest absolute Gasteiger partial charge is 0.0886 e. The number of benzene rings is 1. The molecule has 4 aliphatic carbocycles. The molecule has 4 fully saturated rings. The first kappa shape index (κ1) is 42.2. The molecule has 0 aliphatic heterocycles. The van der Waals surface area contributed by atoms with E-state index >= 15 is 0 Å². The lowest BCUT2D eigenvalue weighted by atomic mass is 9.43. The van der Waals surface area contributed by atoms with Crippen LogP contribution in [0.5, 0.6) is 0 Å². The van der Waals surface area contributed by atoms with Gasteiger partial charge in [0.15, 0.2) is 0 Å². The van der Waals surface area contributed by atoms with Crippen molar-refractivity contribution in [1.82, 2.24) is 20.9 Å². The fourth-order valence-electron chi connectivity index (χ4n) is 11.8. The molecule has 5 rings (SSSR count). The molecule has 10 heteroatoms. The molecular formula is C44H75N7O3. The average Bonchev–Trinajstić information content (AvgIpc) is 3.48. The molecule has 1 aromatic carbocycles. The van der Waals surface area contributed by atoms with E-state index in [-0.39, 0.29) is 29.1 Å². The van der Waals surface area contributed by atoms with Crippen LogP contribution < -0.4 is 33.2 Å². The van der Waals surface area contributed by atoms with Crippen molar-refractivity contribution in [1.29, 1.82) is 0 Å². The maximum absolute atomic E-state index is 7.09. The predicted molar refractivity (Wildman–Crippen MR) is 220 cm³/mol. The molecule has 0 heterocycles. The van der Waals surface area contributed by atoms with E-state index in [1.807, 2.05) is 0 Å². The molecule has 9 N–H and O–H groups in total. The van der Waals surface area contributed by atoms with Gasteiger partial charge in [-0.25, -0.2) is 0 Å². The lowest BCUT2D eigenvalue weighted by Crippen LogP contribution is -2.63. The van der Waals surface area contributed by atoms with E-state index in [0.717, 1.165) is 38.8 Å². The Bertz CT molecular complexity index is 1360. The third-order valence-electron chi connectivity index (χ3n) is 14.3. The Morgan fingerprint density at radius 1 is 0.833 bits per heavy atom. The number of nitrogens with one attached hydrogen (secondary N) is 3. The summed E-state index contributed by atoms with van der Waals surface area (Å²) in [5.41, 5.74) is 19.2. The fraction of sp³-hybridized carbons (Fsp3) is 0.727. The van der Waals surface area contributed by atoms with Gasteiger partial charge in [-0.15, -0.1) is 0 Å². The van der Waals surface area contributed by atoms with Gasteiger partial charge in [-0.05, 0) is 118 Å². The number of fused-ring (bicyclic) bond motifs is 5. The van der Waals surface area contributed by atoms with Crippen LogP contribution >= 0.6 is 0 Å². The maximum atomic E-state index is 7.09. The van der Waals surface area contributed by atoms with Crippen LogP contribution in [0.4, 0.5) is 0 Å². The highest BCUT2D eigenvalue weighted by Gasteiger charge is 2.66. The lowest BCUT2D eigenvalue weighted by molar-refractivity contribution is -0.227. The van der Waals surface area contributed by atoms with Crippen LogP contribution in [0.3, 0.4) is 0 Å². The zero-order valence-corrected chi connectivity index (χ0v) is 34.1. The third kappa shape index (κ3) is 10.3. The quantitative estimate of drug-likeness (QED) is 0.0826. The predicted octanol–water partition coefficient (Wildman–Crippen LogP) is 5.63. The maximum Gasteiger partial charge on any atom is 0.0886 e. The largest absolute Gasteiger partial charge is 0.386 e. The molecule has 11 atom stereocenters. The van der Waals surface area contributed by atoms with E-state index in [9.17, 15) is 0 Å². The summed E-state index contributed by atoms with van der Waals surface area (Å²) in [6, 6.07) is 10.8. The van der Waals surface area contributed by atoms with Crippen molar-refractivity contribution in [2.45, 2.75) is 103 Å². The summed E-state index contributed by atoms with van der Waals surface area (Å²) >= 11 is 0. The minimum absolute atomic E-state index is 0.0607. The highest BCUT2D eigenvalue weighted by molar-refractivity contribution is 5.16. The summed E-state index contributed by atoms with van der Waals surface area (Å²) in [5.74, 6) is 4.75. The number of ether oxygens (including phenoxy) is 3. The van der Waals surface area contributed by atoms with Crippen LogP contribution in [0.2, 0.25) is 0 Å². The van der Waals surface area contributed by atoms with Crippen molar-refractivity contribution in [2.24, 2.45) is 63.5 Å². The molecule has 0 spiro atoms. The van der Waals surface area contributed by atoms with Crippen molar-refractivity contribution in [3.05, 3.63) is 73.1 Å². The molecule has 4 aliphatic rings. The molecule has 0 bridgehead atoms. The van der Waals surface area contributed by atoms with Gasteiger partial charge in [0.05, 0.1) is 55.6 Å². The van der Waals surface area contributed by atoms with E-state index in [1.165, 1.54) is 37.7 Å². The van der Waals surface area contributed by atoms with Gasteiger partial charge in [0.1, 0.15) is 0 Å². The second kappa shape index (κ2) is 19.3. The monoisotopic (exact) mass is 750 g/mol. The molecule has 1 aromatic rings. The van der Waals surface area contributed by atoms with Gasteiger partial charge >= 0.3 is 0 Å². The Morgan fingerprint density at radius 3 is 2.11 bits per heavy atom. The van der Waals surface area contributed by atoms with Crippen LogP contribution in [-0.2, 0) is 20.8 Å². The number of nitrogens with two attached hydrogens (primary N) is 3. The normalized spacial score (nSPS) is 33.6. The van der Waals surface area contributed by atoms with E-state index < -0.39 is 0 Å². The highest BCUT2D eigenvalue weighted by Crippen LogP contribution is 2.69. The van der Waals surface area contributed by atoms with Crippen LogP contribution in [0.25, 0.3) is 0 Å². The molecule has 54 heavy (non-hydrogen) atoms. The summed E-state index contributed by atoms with van der Waals surface area (Å²) in [4.78, 5) is 2.47. The molecule has 10 nitrogen and oxygen atoms in total. The standard InChI is InChI=1S/C44H75N7O3/c1-30(12-11-22-51(7)29-34-13-9-8-10-14-34)37-15-16-38-42-39(28-41(44(37,38)6)54-25-21-50-33(4)47)43(5)18-17-36(52-23-19-48-31(2)45)26-35(43)27-40(42)53-24-20-49-32(3)46/h8-10,13-14,30,35-42,48-50H,2-4,11-12,15-29,45-47H2,1,5-7H3/t30?,35?,36-,37-,38+,39+,40?,41+,42?,43+,44-/m1/s1. The van der Waals surface area contributed by atoms with Gasteiger partial charge in [-0.1, -0.05) is 70.8 Å². The summed E-state index contributed by atoms with van der Waals surface area (Å²) in [5, 5.41) is 9.52. The molecule has 0 aromatic heterocycles. The van der Waals surface area contributed by atoms with E-state index in [4.69, 9.17) is 31.4 Å². The van der Waals surface area contributed by atoms with Gasteiger partial charge in [0.25, 0.3) is 0 Å². The Labute approximate surface area is 327 Å². The zero-order chi connectivity index (χ0) is 38.9. The van der Waals surface area contributed by atoms with Crippen molar-refractivity contribution in [3.63, 3.8) is 0 Å². The van der Waals surface area contributed by atoms with E-state index in [1.54, 1.807) is 0 Å². The Morgan fingerprint density at radius 2 is 1.46 bits per heavy atom. The summed E-state index contributed by atoms with van der Waals surface area (Å²) in [6.07, 6.45) is 11.0. The molecular weight excluding hydrogens is 675 g/mol. The van der Waals surface area contributed by atoms with Gasteiger partial charge in [-0.3, -0.25) is 0 Å². The number of hydrogen-bond donors (Lipinski definition) is 6. The summed E-state index contributed by atoms with van der Waals surface area (Å²) < 4.78 is 20.5. The fourth-order valence-corrected chi connectivity index (χ4v) is 11.8. The van der Waals surface area contributed by atoms with Crippen molar-refractivity contribution in [3.8, 4) is 0 Å². The zero-order valence-electron chi connectivity index (χ0n) is 34.1. The van der Waals surface area contributed by atoms with Crippen molar-refractivity contribution < 1.29 is 14.2 Å². The first-order valence-corrected chi connectivity index (χ1v) is 20.9. The first-order chi connectivity index (χ1) is 25.8. The first-order valence-electron chi connectivity index (χ1n) is 20.9. The summed E-state index contributed by atoms with van der Waals surface area (Å²) in [7, 11) is 2.26. The number of rotatable bonds is 22. The second-order valence-corrected chi connectivity index (χ2v) is 17.7. The Kier molecular flexibility index (Phi) is 15.1. The number of nitrogens with zero attached hydrogens (tertiary/aromatic N) is 1. The minimum Gasteiger partial charge on any atom is -0.386 e. The van der Waals surface area contributed by atoms with Crippen LogP contribution in [0.1, 0.15) is 84.1 Å². The van der Waals surface area contributed by atoms with Crippen molar-refractivity contribution in [2.75, 3.05) is 53.0 Å². The molecule has 4 saturated carbocycles. The second-order valence-electron chi connectivity index (χ2n) is 17.7. The van der Waals surface area contributed by atoms with Crippen LogP contribution in [-0.4, -0.2) is 76.3 Å². The SMILES string of the molecule is C=C(N)NCCOC1CC2C[C@H](OCCNC(=C)N)CC[C@]2(C)[C@H]2C[C@H](OCCNC(=C)N)[C@]3(C)[C@@H](C(C)CCCN(C)Cc4ccccc4)CC[C@H]3C12. The Hall–Kier alpha value is -2.92. The van der Waals surface area contributed by atoms with Crippen molar-refractivity contribution >= 4 is 0 Å².